The Kier molecular flexibility index (Phi) is 7.39. The number of hydrogen-bond donors (Lipinski definition) is 1. The monoisotopic (exact) mass is 228 g/mol. The molecule has 0 radical (unpaired) electrons. The normalized spacial score (nSPS) is 21.2. The van der Waals surface area contributed by atoms with Gasteiger partial charge in [-0.3, -0.25) is 4.79 Å². The molecule has 1 aliphatic rings. The van der Waals surface area contributed by atoms with E-state index < -0.39 is 0 Å². The van der Waals surface area contributed by atoms with Crippen molar-refractivity contribution in [2.45, 2.75) is 47.5 Å². The van der Waals surface area contributed by atoms with Crippen molar-refractivity contribution in [3.05, 3.63) is 0 Å². The number of carbonyl (C=O) groups is 1. The van der Waals surface area contributed by atoms with Crippen LogP contribution in [0.2, 0.25) is 0 Å². The van der Waals surface area contributed by atoms with Crippen molar-refractivity contribution < 1.29 is 4.79 Å². The smallest absolute Gasteiger partial charge is 0.221 e. The van der Waals surface area contributed by atoms with Crippen molar-refractivity contribution in [1.29, 1.82) is 0 Å². The van der Waals surface area contributed by atoms with E-state index in [0.717, 1.165) is 26.2 Å². The Balaban J connectivity index is 0.000000673. The molecule has 1 N–H and O–H groups in total. The van der Waals surface area contributed by atoms with E-state index in [1.54, 1.807) is 0 Å². The van der Waals surface area contributed by atoms with E-state index in [-0.39, 0.29) is 11.3 Å². The minimum atomic E-state index is 0.186. The first-order valence-corrected chi connectivity index (χ1v) is 6.44. The van der Waals surface area contributed by atoms with Crippen molar-refractivity contribution >= 4 is 5.91 Å². The SMILES string of the molecule is CCC.CCN1CCC(=O)NCC(C)(C)C1. The van der Waals surface area contributed by atoms with Crippen LogP contribution in [0.25, 0.3) is 0 Å². The summed E-state index contributed by atoms with van der Waals surface area (Å²) in [5, 5.41) is 2.95. The third-order valence-electron chi connectivity index (χ3n) is 2.52. The Hall–Kier alpha value is -0.570. The number of nitrogens with one attached hydrogen (secondary N) is 1. The molecular weight excluding hydrogens is 200 g/mol. The largest absolute Gasteiger partial charge is 0.355 e. The molecule has 1 saturated heterocycles. The molecule has 0 aliphatic carbocycles. The van der Waals surface area contributed by atoms with Gasteiger partial charge in [0.2, 0.25) is 5.91 Å². The van der Waals surface area contributed by atoms with E-state index in [0.29, 0.717) is 6.42 Å². The number of amides is 1. The minimum absolute atomic E-state index is 0.186. The molecule has 0 bridgehead atoms. The lowest BCUT2D eigenvalue weighted by atomic mass is 9.91. The van der Waals surface area contributed by atoms with Crippen LogP contribution < -0.4 is 5.32 Å². The predicted octanol–water partition coefficient (Wildman–Crippen LogP) is 2.27. The molecule has 96 valence electrons. The number of hydrogen-bond acceptors (Lipinski definition) is 2. The predicted molar refractivity (Wildman–Crippen MR) is 69.5 cm³/mol. The van der Waals surface area contributed by atoms with Gasteiger partial charge in [-0.25, -0.2) is 0 Å². The van der Waals surface area contributed by atoms with E-state index in [9.17, 15) is 4.79 Å². The Morgan fingerprint density at radius 3 is 2.38 bits per heavy atom. The second-order valence-corrected chi connectivity index (χ2v) is 5.27. The molecule has 16 heavy (non-hydrogen) atoms. The van der Waals surface area contributed by atoms with Gasteiger partial charge in [0.05, 0.1) is 0 Å². The van der Waals surface area contributed by atoms with Gasteiger partial charge in [0, 0.05) is 26.1 Å². The van der Waals surface area contributed by atoms with Crippen molar-refractivity contribution in [3.63, 3.8) is 0 Å². The summed E-state index contributed by atoms with van der Waals surface area (Å²) in [6, 6.07) is 0. The molecule has 0 aromatic rings. The lowest BCUT2D eigenvalue weighted by Crippen LogP contribution is -2.46. The number of carbonyl (C=O) groups excluding carboxylic acids is 1. The third-order valence-corrected chi connectivity index (χ3v) is 2.52. The summed E-state index contributed by atoms with van der Waals surface area (Å²) in [5.74, 6) is 0.186. The average molecular weight is 228 g/mol. The van der Waals surface area contributed by atoms with E-state index in [1.165, 1.54) is 6.42 Å². The summed E-state index contributed by atoms with van der Waals surface area (Å²) in [7, 11) is 0. The van der Waals surface area contributed by atoms with E-state index in [1.807, 2.05) is 0 Å². The maximum Gasteiger partial charge on any atom is 0.221 e. The van der Waals surface area contributed by atoms with Crippen LogP contribution >= 0.6 is 0 Å². The molecule has 1 rings (SSSR count). The second-order valence-electron chi connectivity index (χ2n) is 5.27. The highest BCUT2D eigenvalue weighted by Gasteiger charge is 2.24. The highest BCUT2D eigenvalue weighted by molar-refractivity contribution is 5.76. The molecule has 0 unspecified atom stereocenters. The average Bonchev–Trinajstić information content (AvgIpc) is 2.21. The first-order valence-electron chi connectivity index (χ1n) is 6.44. The molecule has 0 aromatic carbocycles. The fourth-order valence-corrected chi connectivity index (χ4v) is 1.70. The van der Waals surface area contributed by atoms with Gasteiger partial charge in [0.25, 0.3) is 0 Å². The van der Waals surface area contributed by atoms with Crippen molar-refractivity contribution in [1.82, 2.24) is 10.2 Å². The molecule has 3 heteroatoms. The van der Waals surface area contributed by atoms with Crippen LogP contribution in [0.15, 0.2) is 0 Å². The standard InChI is InChI=1S/C10H20N2O.C3H8/c1-4-12-6-5-9(13)11-7-10(2,3)8-12;1-3-2/h4-8H2,1-3H3,(H,11,13);3H2,1-2H3. The Morgan fingerprint density at radius 2 is 1.88 bits per heavy atom. The molecule has 3 nitrogen and oxygen atoms in total. The highest BCUT2D eigenvalue weighted by atomic mass is 16.1. The van der Waals surface area contributed by atoms with Gasteiger partial charge in [-0.2, -0.15) is 0 Å². The lowest BCUT2D eigenvalue weighted by molar-refractivity contribution is -0.122. The Labute approximate surface area is 101 Å². The van der Waals surface area contributed by atoms with Crippen LogP contribution in [-0.4, -0.2) is 37.0 Å². The van der Waals surface area contributed by atoms with Crippen LogP contribution in [0, 0.1) is 5.41 Å². The van der Waals surface area contributed by atoms with Gasteiger partial charge in [-0.05, 0) is 12.0 Å². The van der Waals surface area contributed by atoms with E-state index >= 15 is 0 Å². The highest BCUT2D eigenvalue weighted by Crippen LogP contribution is 2.17. The van der Waals surface area contributed by atoms with Gasteiger partial charge in [0.15, 0.2) is 0 Å². The van der Waals surface area contributed by atoms with Gasteiger partial charge in [-0.15, -0.1) is 0 Å². The molecule has 0 aromatic heterocycles. The maximum absolute atomic E-state index is 11.2. The molecule has 1 fully saturated rings. The van der Waals surface area contributed by atoms with Crippen LogP contribution in [-0.2, 0) is 4.79 Å². The van der Waals surface area contributed by atoms with Crippen LogP contribution in [0.3, 0.4) is 0 Å². The van der Waals surface area contributed by atoms with Gasteiger partial charge < -0.3 is 10.2 Å². The zero-order valence-electron chi connectivity index (χ0n) is 11.6. The third kappa shape index (κ3) is 6.83. The quantitative estimate of drug-likeness (QED) is 0.746. The minimum Gasteiger partial charge on any atom is -0.355 e. The Bertz CT molecular complexity index is 202. The molecule has 1 aliphatic heterocycles. The van der Waals surface area contributed by atoms with E-state index in [4.69, 9.17) is 0 Å². The summed E-state index contributed by atoms with van der Waals surface area (Å²) in [6.07, 6.45) is 1.89. The lowest BCUT2D eigenvalue weighted by Gasteiger charge is -2.34. The summed E-state index contributed by atoms with van der Waals surface area (Å²) in [4.78, 5) is 13.6. The molecule has 0 atom stereocenters. The van der Waals surface area contributed by atoms with Crippen LogP contribution in [0.4, 0.5) is 0 Å². The summed E-state index contributed by atoms with van der Waals surface area (Å²) in [6.45, 7) is 14.6. The Morgan fingerprint density at radius 1 is 1.31 bits per heavy atom. The number of nitrogens with zero attached hydrogens (tertiary/aromatic N) is 1. The summed E-state index contributed by atoms with van der Waals surface area (Å²) >= 11 is 0. The van der Waals surface area contributed by atoms with Gasteiger partial charge in [-0.1, -0.05) is 41.0 Å². The topological polar surface area (TPSA) is 32.3 Å². The zero-order valence-corrected chi connectivity index (χ0v) is 11.6. The first-order chi connectivity index (χ1) is 7.45. The summed E-state index contributed by atoms with van der Waals surface area (Å²) < 4.78 is 0. The second kappa shape index (κ2) is 7.66. The molecule has 0 spiro atoms. The number of rotatable bonds is 1. The molecular formula is C13H28N2O. The maximum atomic E-state index is 11.2. The van der Waals surface area contributed by atoms with Crippen LogP contribution in [0.5, 0.6) is 0 Å². The van der Waals surface area contributed by atoms with Crippen molar-refractivity contribution in [3.8, 4) is 0 Å². The summed E-state index contributed by atoms with van der Waals surface area (Å²) in [5.41, 5.74) is 0.200. The van der Waals surface area contributed by atoms with Crippen molar-refractivity contribution in [2.75, 3.05) is 26.2 Å². The molecule has 0 saturated carbocycles. The zero-order chi connectivity index (χ0) is 12.6. The molecule has 1 heterocycles. The first kappa shape index (κ1) is 15.4. The van der Waals surface area contributed by atoms with E-state index in [2.05, 4.69) is 44.8 Å². The van der Waals surface area contributed by atoms with Gasteiger partial charge >= 0.3 is 0 Å². The fraction of sp³-hybridized carbons (Fsp3) is 0.923. The molecule has 1 amide bonds. The van der Waals surface area contributed by atoms with Crippen molar-refractivity contribution in [2.24, 2.45) is 5.41 Å². The van der Waals surface area contributed by atoms with Gasteiger partial charge in [0.1, 0.15) is 0 Å². The fourth-order valence-electron chi connectivity index (χ4n) is 1.70. The van der Waals surface area contributed by atoms with Crippen LogP contribution in [0.1, 0.15) is 47.5 Å².